The fraction of sp³-hybridized carbons (Fsp3) is 0.385. The number of carbonyl (C=O) groups excluding carboxylic acids is 1. The Labute approximate surface area is 120 Å². The molecule has 1 aromatic heterocycles. The summed E-state index contributed by atoms with van der Waals surface area (Å²) in [5, 5.41) is 14.4. The highest BCUT2D eigenvalue weighted by atomic mass is 35.5. The second-order valence-corrected chi connectivity index (χ2v) is 5.15. The van der Waals surface area contributed by atoms with Crippen molar-refractivity contribution in [1.29, 1.82) is 0 Å². The monoisotopic (exact) mass is 294 g/mol. The van der Waals surface area contributed by atoms with Crippen molar-refractivity contribution >= 4 is 34.2 Å². The van der Waals surface area contributed by atoms with Crippen LogP contribution in [0.3, 0.4) is 0 Å². The maximum absolute atomic E-state index is 12.0. The van der Waals surface area contributed by atoms with Gasteiger partial charge in [-0.25, -0.2) is 0 Å². The van der Waals surface area contributed by atoms with Crippen LogP contribution in [0.25, 0.3) is 10.9 Å². The Morgan fingerprint density at radius 3 is 3.25 bits per heavy atom. The normalized spacial score (nSPS) is 19.1. The number of hydrogen-bond acceptors (Lipinski definition) is 4. The molecule has 20 heavy (non-hydrogen) atoms. The highest BCUT2D eigenvalue weighted by Gasteiger charge is 2.18. The van der Waals surface area contributed by atoms with Crippen LogP contribution in [0.1, 0.15) is 6.42 Å². The summed E-state index contributed by atoms with van der Waals surface area (Å²) < 4.78 is 5.50. The molecule has 7 heteroatoms. The van der Waals surface area contributed by atoms with Crippen LogP contribution in [0.15, 0.2) is 18.2 Å². The molecule has 1 aliphatic heterocycles. The molecule has 0 saturated carbocycles. The molecular formula is C13H15ClN4O2. The van der Waals surface area contributed by atoms with E-state index in [1.54, 1.807) is 12.1 Å². The first-order valence-electron chi connectivity index (χ1n) is 6.48. The number of morpholine rings is 1. The molecule has 3 rings (SSSR count). The maximum Gasteiger partial charge on any atom is 0.228 e. The first-order valence-corrected chi connectivity index (χ1v) is 6.86. The summed E-state index contributed by atoms with van der Waals surface area (Å²) in [7, 11) is 0. The lowest BCUT2D eigenvalue weighted by atomic mass is 10.2. The maximum atomic E-state index is 12.0. The van der Waals surface area contributed by atoms with Crippen molar-refractivity contribution in [3.63, 3.8) is 0 Å². The van der Waals surface area contributed by atoms with Crippen molar-refractivity contribution in [3.05, 3.63) is 23.2 Å². The molecule has 1 saturated heterocycles. The second kappa shape index (κ2) is 5.78. The average Bonchev–Trinajstić information content (AvgIpc) is 2.82. The number of halogens is 1. The fourth-order valence-corrected chi connectivity index (χ4v) is 2.40. The van der Waals surface area contributed by atoms with Crippen LogP contribution in [0.2, 0.25) is 5.02 Å². The summed E-state index contributed by atoms with van der Waals surface area (Å²) >= 11 is 5.90. The van der Waals surface area contributed by atoms with Gasteiger partial charge in [0.25, 0.3) is 0 Å². The van der Waals surface area contributed by atoms with Crippen LogP contribution in [0.5, 0.6) is 0 Å². The minimum Gasteiger partial charge on any atom is -0.375 e. The summed E-state index contributed by atoms with van der Waals surface area (Å²) in [5.41, 5.74) is 0.795. The molecule has 0 aliphatic carbocycles. The van der Waals surface area contributed by atoms with E-state index in [2.05, 4.69) is 20.8 Å². The Bertz CT molecular complexity index is 622. The Morgan fingerprint density at radius 1 is 1.55 bits per heavy atom. The molecule has 2 heterocycles. The number of nitrogens with zero attached hydrogens (tertiary/aromatic N) is 1. The van der Waals surface area contributed by atoms with Gasteiger partial charge in [0.1, 0.15) is 0 Å². The van der Waals surface area contributed by atoms with Gasteiger partial charge in [-0.05, 0) is 18.2 Å². The molecule has 0 radical (unpaired) electrons. The number of rotatable bonds is 3. The van der Waals surface area contributed by atoms with Crippen molar-refractivity contribution in [2.45, 2.75) is 12.5 Å². The van der Waals surface area contributed by atoms with Crippen LogP contribution in [0.4, 0.5) is 5.82 Å². The van der Waals surface area contributed by atoms with Gasteiger partial charge in [0.2, 0.25) is 5.91 Å². The number of hydrogen-bond donors (Lipinski definition) is 3. The predicted octanol–water partition coefficient (Wildman–Crippen LogP) is 1.53. The van der Waals surface area contributed by atoms with Gasteiger partial charge in [-0.2, -0.15) is 5.10 Å². The number of anilines is 1. The van der Waals surface area contributed by atoms with Crippen LogP contribution < -0.4 is 10.6 Å². The van der Waals surface area contributed by atoms with E-state index < -0.39 is 0 Å². The molecular weight excluding hydrogens is 280 g/mol. The van der Waals surface area contributed by atoms with Crippen LogP contribution >= 0.6 is 11.6 Å². The third kappa shape index (κ3) is 2.92. The van der Waals surface area contributed by atoms with Gasteiger partial charge in [-0.1, -0.05) is 11.6 Å². The molecule has 3 N–H and O–H groups in total. The molecule has 0 bridgehead atoms. The minimum absolute atomic E-state index is 0.0802. The predicted molar refractivity (Wildman–Crippen MR) is 77.0 cm³/mol. The third-order valence-corrected chi connectivity index (χ3v) is 3.44. The summed E-state index contributed by atoms with van der Waals surface area (Å²) in [6, 6.07) is 5.37. The Kier molecular flexibility index (Phi) is 3.86. The quantitative estimate of drug-likeness (QED) is 0.802. The number of amides is 1. The number of aromatic amines is 1. The molecule has 2 aromatic rings. The molecule has 106 valence electrons. The number of aromatic nitrogens is 2. The second-order valence-electron chi connectivity index (χ2n) is 4.71. The van der Waals surface area contributed by atoms with Gasteiger partial charge >= 0.3 is 0 Å². The van der Waals surface area contributed by atoms with E-state index in [9.17, 15) is 4.79 Å². The van der Waals surface area contributed by atoms with E-state index in [1.165, 1.54) is 0 Å². The SMILES string of the molecule is O=C(C[C@@H]1CNCCO1)Nc1n[nH]c2cc(Cl)ccc12. The van der Waals surface area contributed by atoms with Gasteiger partial charge in [-0.15, -0.1) is 0 Å². The van der Waals surface area contributed by atoms with Crippen molar-refractivity contribution < 1.29 is 9.53 Å². The van der Waals surface area contributed by atoms with Gasteiger partial charge in [0.15, 0.2) is 5.82 Å². The molecule has 1 aliphatic rings. The van der Waals surface area contributed by atoms with E-state index >= 15 is 0 Å². The number of ether oxygens (including phenoxy) is 1. The van der Waals surface area contributed by atoms with E-state index in [4.69, 9.17) is 16.3 Å². The summed E-state index contributed by atoms with van der Waals surface area (Å²) in [5.74, 6) is 0.410. The Hall–Kier alpha value is -1.63. The van der Waals surface area contributed by atoms with Crippen LogP contribution in [-0.4, -0.2) is 41.9 Å². The van der Waals surface area contributed by atoms with Crippen LogP contribution in [-0.2, 0) is 9.53 Å². The summed E-state index contributed by atoms with van der Waals surface area (Å²) in [6.45, 7) is 2.18. The zero-order chi connectivity index (χ0) is 13.9. The lowest BCUT2D eigenvalue weighted by Crippen LogP contribution is -2.40. The van der Waals surface area contributed by atoms with Crippen molar-refractivity contribution in [1.82, 2.24) is 15.5 Å². The van der Waals surface area contributed by atoms with E-state index in [-0.39, 0.29) is 12.0 Å². The third-order valence-electron chi connectivity index (χ3n) is 3.20. The molecule has 1 aromatic carbocycles. The smallest absolute Gasteiger partial charge is 0.228 e. The topological polar surface area (TPSA) is 79.0 Å². The van der Waals surface area contributed by atoms with Crippen molar-refractivity contribution in [2.75, 3.05) is 25.0 Å². The molecule has 1 amide bonds. The van der Waals surface area contributed by atoms with Gasteiger partial charge < -0.3 is 15.4 Å². The van der Waals surface area contributed by atoms with Gasteiger partial charge in [0.05, 0.1) is 24.6 Å². The molecule has 1 atom stereocenters. The number of carbonyl (C=O) groups is 1. The van der Waals surface area contributed by atoms with Crippen molar-refractivity contribution in [2.24, 2.45) is 0 Å². The first-order chi connectivity index (χ1) is 9.72. The molecule has 0 unspecified atom stereocenters. The van der Waals surface area contributed by atoms with Gasteiger partial charge in [0, 0.05) is 23.5 Å². The molecule has 6 nitrogen and oxygen atoms in total. The van der Waals surface area contributed by atoms with E-state index in [0.29, 0.717) is 30.4 Å². The highest BCUT2D eigenvalue weighted by molar-refractivity contribution is 6.31. The number of fused-ring (bicyclic) bond motifs is 1. The minimum atomic E-state index is -0.109. The largest absolute Gasteiger partial charge is 0.375 e. The highest BCUT2D eigenvalue weighted by Crippen LogP contribution is 2.23. The molecule has 1 fully saturated rings. The average molecular weight is 295 g/mol. The first kappa shape index (κ1) is 13.4. The Morgan fingerprint density at radius 2 is 2.45 bits per heavy atom. The number of benzene rings is 1. The number of H-pyrrole nitrogens is 1. The molecule has 0 spiro atoms. The lowest BCUT2D eigenvalue weighted by molar-refractivity contribution is -0.119. The lowest BCUT2D eigenvalue weighted by Gasteiger charge is -2.22. The Balaban J connectivity index is 1.67. The zero-order valence-corrected chi connectivity index (χ0v) is 11.5. The van der Waals surface area contributed by atoms with Crippen LogP contribution in [0, 0.1) is 0 Å². The summed E-state index contributed by atoms with van der Waals surface area (Å²) in [6.07, 6.45) is 0.234. The standard InChI is InChI=1S/C13H15ClN4O2/c14-8-1-2-10-11(5-8)17-18-13(10)16-12(19)6-9-7-15-3-4-20-9/h1-2,5,9,15H,3-4,6-7H2,(H2,16,17,18,19)/t9-/m1/s1. The fourth-order valence-electron chi connectivity index (χ4n) is 2.23. The zero-order valence-electron chi connectivity index (χ0n) is 10.8. The van der Waals surface area contributed by atoms with Crippen molar-refractivity contribution in [3.8, 4) is 0 Å². The summed E-state index contributed by atoms with van der Waals surface area (Å²) in [4.78, 5) is 12.0. The number of nitrogens with one attached hydrogen (secondary N) is 3. The van der Waals surface area contributed by atoms with E-state index in [1.807, 2.05) is 6.07 Å². The van der Waals surface area contributed by atoms with E-state index in [0.717, 1.165) is 17.4 Å². The van der Waals surface area contributed by atoms with Gasteiger partial charge in [-0.3, -0.25) is 9.89 Å².